The fourth-order valence-electron chi connectivity index (χ4n) is 12.8. The summed E-state index contributed by atoms with van der Waals surface area (Å²) in [5, 5.41) is 47.7. The van der Waals surface area contributed by atoms with Gasteiger partial charge in [0, 0.05) is 35.2 Å². The van der Waals surface area contributed by atoms with Gasteiger partial charge in [0.15, 0.2) is 17.2 Å². The van der Waals surface area contributed by atoms with Gasteiger partial charge in [0.1, 0.15) is 28.6 Å². The van der Waals surface area contributed by atoms with Crippen LogP contribution in [0.1, 0.15) is 115 Å². The molecule has 1 unspecified atom stereocenters. The minimum absolute atomic E-state index is 0.0142. The number of aliphatic hydroxyl groups is 3. The predicted molar refractivity (Wildman–Crippen MR) is 174 cm³/mol. The van der Waals surface area contributed by atoms with Crippen molar-refractivity contribution in [1.82, 2.24) is 0 Å². The Morgan fingerprint density at radius 3 is 2.06 bits per heavy atom. The minimum atomic E-state index is -2.78. The molecule has 4 N–H and O–H groups in total. The zero-order valence-electron chi connectivity index (χ0n) is 28.4. The maximum absolute atomic E-state index is 14.6. The summed E-state index contributed by atoms with van der Waals surface area (Å²) < 4.78 is 0. The fraction of sp³-hybridized carbons (Fsp3) is 0.641. The molecule has 0 saturated heterocycles. The monoisotopic (exact) mass is 644 g/mol. The second-order valence-corrected chi connectivity index (χ2v) is 17.0. The molecule has 4 bridgehead atoms. The number of allylic oxidation sites excluding steroid dienone is 2. The van der Waals surface area contributed by atoms with Gasteiger partial charge in [0.05, 0.1) is 5.56 Å². The van der Waals surface area contributed by atoms with Gasteiger partial charge in [-0.15, -0.1) is 0 Å². The van der Waals surface area contributed by atoms with Crippen LogP contribution in [-0.4, -0.2) is 49.2 Å². The Labute approximate surface area is 276 Å². The third-order valence-corrected chi connectivity index (χ3v) is 14.2. The van der Waals surface area contributed by atoms with Crippen LogP contribution in [0, 0.1) is 51.8 Å². The summed E-state index contributed by atoms with van der Waals surface area (Å²) in [7, 11) is 0. The van der Waals surface area contributed by atoms with Gasteiger partial charge < -0.3 is 20.4 Å². The molecule has 8 heteroatoms. The lowest BCUT2D eigenvalue weighted by Gasteiger charge is -2.65. The van der Waals surface area contributed by atoms with E-state index in [2.05, 4.69) is 0 Å². The lowest BCUT2D eigenvalue weighted by atomic mass is 9.38. The SMILES string of the molecule is CC(=O)C1=C(O)C(C(C)C)[C@@]2(C)[C@H](CC(=O)CC34CC5CC(CC(C5)C3)C4)[C@]3(C)C(=C(O)[C@@]2(O)C1=O)C(=O)c1c(O)cccc1[C@H]3C. The highest BCUT2D eigenvalue weighted by atomic mass is 16.4. The highest BCUT2D eigenvalue weighted by molar-refractivity contribution is 6.25. The Balaban J connectivity index is 1.45. The summed E-state index contributed by atoms with van der Waals surface area (Å²) in [6.07, 6.45) is 7.09. The number of rotatable bonds is 6. The number of phenols is 1. The molecule has 6 atom stereocenters. The molecular weight excluding hydrogens is 596 g/mol. The summed E-state index contributed by atoms with van der Waals surface area (Å²) in [5.74, 6) is -5.22. The van der Waals surface area contributed by atoms with Gasteiger partial charge in [-0.1, -0.05) is 46.8 Å². The number of hydrogen-bond donors (Lipinski definition) is 4. The van der Waals surface area contributed by atoms with Crippen LogP contribution in [-0.2, 0) is 14.4 Å². The van der Waals surface area contributed by atoms with Crippen LogP contribution in [0.15, 0.2) is 40.9 Å². The Kier molecular flexibility index (Phi) is 6.96. The van der Waals surface area contributed by atoms with Crippen molar-refractivity contribution in [1.29, 1.82) is 0 Å². The predicted octanol–water partition coefficient (Wildman–Crippen LogP) is 6.70. The number of carbonyl (C=O) groups excluding carboxylic acids is 4. The third-order valence-electron chi connectivity index (χ3n) is 14.2. The van der Waals surface area contributed by atoms with Gasteiger partial charge in [0.2, 0.25) is 5.78 Å². The Bertz CT molecular complexity index is 1660. The molecule has 0 spiro atoms. The maximum Gasteiger partial charge on any atom is 0.209 e. The third kappa shape index (κ3) is 3.97. The summed E-state index contributed by atoms with van der Waals surface area (Å²) in [6.45, 7) is 10.1. The fourth-order valence-corrected chi connectivity index (χ4v) is 12.8. The first-order chi connectivity index (χ1) is 21.9. The lowest BCUT2D eigenvalue weighted by Crippen LogP contribution is -2.71. The Morgan fingerprint density at radius 2 is 1.53 bits per heavy atom. The Hall–Kier alpha value is -3.26. The molecule has 8 nitrogen and oxygen atoms in total. The van der Waals surface area contributed by atoms with Gasteiger partial charge in [-0.25, -0.2) is 0 Å². The van der Waals surface area contributed by atoms with E-state index in [9.17, 15) is 39.6 Å². The number of aromatic hydroxyl groups is 1. The molecule has 0 aliphatic heterocycles. The summed E-state index contributed by atoms with van der Waals surface area (Å²) in [6, 6.07) is 4.79. The van der Waals surface area contributed by atoms with E-state index in [-0.39, 0.29) is 34.5 Å². The molecule has 0 amide bonds. The number of hydrogen-bond acceptors (Lipinski definition) is 8. The first kappa shape index (κ1) is 32.3. The highest BCUT2D eigenvalue weighted by Crippen LogP contribution is 2.71. The average molecular weight is 645 g/mol. The molecule has 7 aliphatic carbocycles. The van der Waals surface area contributed by atoms with E-state index in [1.165, 1.54) is 25.3 Å². The molecule has 252 valence electrons. The quantitative estimate of drug-likeness (QED) is 0.250. The number of phenolic OH excluding ortho intramolecular Hbond substituents is 1. The van der Waals surface area contributed by atoms with E-state index in [0.717, 1.165) is 26.2 Å². The van der Waals surface area contributed by atoms with Gasteiger partial charge >= 0.3 is 0 Å². The number of benzene rings is 1. The molecule has 7 aliphatic rings. The number of Topliss-reactive ketones (excluding diaryl/α,β-unsaturated/α-hetero) is 4. The molecular formula is C39H48O8. The minimum Gasteiger partial charge on any atom is -0.511 e. The standard InChI is InChI=1S/C39H48O8/c1-18(2)30-32(43)28(20(4)40)34(45)39(47)35(46)31-33(44)29-25(8-7-9-26(29)42)19(3)36(31,5)27(37(30,39)6)13-24(41)17-38-14-21-10-22(15-38)12-23(11-21)16-38/h7-9,18-19,21-23,27,30,42-43,46-47H,10-17H2,1-6H3/t19-,21?,22?,23?,27-,30?,36-,37-,38?,39+/m1/s1. The van der Waals surface area contributed by atoms with Crippen LogP contribution in [0.3, 0.4) is 0 Å². The normalized spacial score (nSPS) is 42.0. The topological polar surface area (TPSA) is 149 Å². The van der Waals surface area contributed by atoms with Crippen molar-refractivity contribution >= 4 is 23.1 Å². The second kappa shape index (κ2) is 10.1. The maximum atomic E-state index is 14.6. The number of fused-ring (bicyclic) bond motifs is 3. The number of carbonyl (C=O) groups is 4. The highest BCUT2D eigenvalue weighted by Gasteiger charge is 2.76. The van der Waals surface area contributed by atoms with Crippen LogP contribution in [0.25, 0.3) is 0 Å². The largest absolute Gasteiger partial charge is 0.511 e. The van der Waals surface area contributed by atoms with E-state index in [4.69, 9.17) is 0 Å². The molecule has 1 aromatic carbocycles. The van der Waals surface area contributed by atoms with Crippen LogP contribution >= 0.6 is 0 Å². The molecule has 8 rings (SSSR count). The lowest BCUT2D eigenvalue weighted by molar-refractivity contribution is -0.194. The van der Waals surface area contributed by atoms with E-state index in [1.807, 2.05) is 27.7 Å². The summed E-state index contributed by atoms with van der Waals surface area (Å²) in [5.41, 5.74) is -6.12. The number of aliphatic hydroxyl groups excluding tert-OH is 2. The molecule has 4 saturated carbocycles. The van der Waals surface area contributed by atoms with Crippen molar-refractivity contribution in [2.75, 3.05) is 0 Å². The molecule has 0 heterocycles. The van der Waals surface area contributed by atoms with Gasteiger partial charge in [0.25, 0.3) is 0 Å². The molecule has 0 aromatic heterocycles. The smallest absolute Gasteiger partial charge is 0.209 e. The second-order valence-electron chi connectivity index (χ2n) is 17.0. The summed E-state index contributed by atoms with van der Waals surface area (Å²) >= 11 is 0. The van der Waals surface area contributed by atoms with Crippen LogP contribution in [0.4, 0.5) is 0 Å². The average Bonchev–Trinajstić information content (AvgIpc) is 2.95. The van der Waals surface area contributed by atoms with Crippen LogP contribution < -0.4 is 0 Å². The van der Waals surface area contributed by atoms with E-state index in [1.54, 1.807) is 19.1 Å². The van der Waals surface area contributed by atoms with Crippen molar-refractivity contribution in [2.24, 2.45) is 51.8 Å². The van der Waals surface area contributed by atoms with Crippen molar-refractivity contribution in [3.05, 3.63) is 52.0 Å². The zero-order valence-corrected chi connectivity index (χ0v) is 28.4. The summed E-state index contributed by atoms with van der Waals surface area (Å²) in [4.78, 5) is 56.4. The van der Waals surface area contributed by atoms with Crippen LogP contribution in [0.2, 0.25) is 0 Å². The van der Waals surface area contributed by atoms with Crippen molar-refractivity contribution in [3.8, 4) is 5.75 Å². The number of ketones is 4. The zero-order chi connectivity index (χ0) is 34.2. The molecule has 4 fully saturated rings. The molecule has 1 aromatic rings. The Morgan fingerprint density at radius 1 is 0.957 bits per heavy atom. The molecule has 0 radical (unpaired) electrons. The van der Waals surface area contributed by atoms with E-state index in [0.29, 0.717) is 29.7 Å². The van der Waals surface area contributed by atoms with E-state index < -0.39 is 74.5 Å². The van der Waals surface area contributed by atoms with Crippen molar-refractivity contribution in [2.45, 2.75) is 104 Å². The van der Waals surface area contributed by atoms with Gasteiger partial charge in [-0.3, -0.25) is 19.2 Å². The first-order valence-electron chi connectivity index (χ1n) is 17.5. The van der Waals surface area contributed by atoms with Crippen molar-refractivity contribution in [3.63, 3.8) is 0 Å². The molecule has 47 heavy (non-hydrogen) atoms. The van der Waals surface area contributed by atoms with E-state index >= 15 is 0 Å². The van der Waals surface area contributed by atoms with Gasteiger partial charge in [-0.2, -0.15) is 0 Å². The van der Waals surface area contributed by atoms with Crippen molar-refractivity contribution < 1.29 is 39.6 Å². The van der Waals surface area contributed by atoms with Crippen LogP contribution in [0.5, 0.6) is 5.75 Å². The van der Waals surface area contributed by atoms with Gasteiger partial charge in [-0.05, 0) is 98.0 Å². The first-order valence-corrected chi connectivity index (χ1v) is 17.5.